The van der Waals surface area contributed by atoms with Crippen LogP contribution in [-0.4, -0.2) is 143 Å². The summed E-state index contributed by atoms with van der Waals surface area (Å²) in [5.74, 6) is -0.249. The number of unbranched alkanes of at least 4 members (excludes halogenated alkanes) is 14. The number of hydrogen-bond donors (Lipinski definition) is 1. The second-order valence-electron chi connectivity index (χ2n) is 21.9. The minimum Gasteiger partial charge on any atom is -0.434 e. The number of piperidine rings is 2. The summed E-state index contributed by atoms with van der Waals surface area (Å²) in [5.41, 5.74) is 3.61. The quantitative estimate of drug-likeness (QED) is 0.0422. The number of aryl methyl sites for hydroxylation is 1. The van der Waals surface area contributed by atoms with Crippen LogP contribution in [0, 0.1) is 6.92 Å². The fraction of sp³-hybridized carbons (Fsp3) is 0.667. The molecule has 0 unspecified atom stereocenters. The molecule has 3 amide bonds. The highest BCUT2D eigenvalue weighted by molar-refractivity contribution is 5.88. The lowest BCUT2D eigenvalue weighted by molar-refractivity contribution is -0.135. The van der Waals surface area contributed by atoms with Crippen molar-refractivity contribution >= 4 is 46.1 Å². The van der Waals surface area contributed by atoms with Crippen LogP contribution in [0.15, 0.2) is 53.5 Å². The molecular formula is C60H90N8O9. The molecule has 3 fully saturated rings. The van der Waals surface area contributed by atoms with E-state index in [0.717, 1.165) is 105 Å². The van der Waals surface area contributed by atoms with Crippen LogP contribution in [-0.2, 0) is 43.6 Å². The molecule has 17 heteroatoms. The standard InChI is InChI=1S/C60H90N8O9/c1-5-7-9-11-13-15-17-21-37-74-59(72)76-44-67-54-24-20-19-23-49(54)42-52(56(67)69)48-25-31-66(32-26-48)58(71)62-53(57(70)65-35-33-64(34-36-65)51-27-29-63(4)30-28-51)41-47-39-46(3)55-50(40-47)43-61-68(55)45-77-60(73)75-38-22-18-16-14-12-10-8-6-2/h19-20,23-24,39-40,42-43,48,51,53H,5-18,21-22,25-38,41,44-45H2,1-4H3,(H,62,71)/t53-/m1/s1. The first-order chi connectivity index (χ1) is 37.5. The molecule has 0 radical (unpaired) electrons. The van der Waals surface area contributed by atoms with E-state index in [-0.39, 0.29) is 49.9 Å². The molecule has 5 heterocycles. The van der Waals surface area contributed by atoms with Gasteiger partial charge in [0, 0.05) is 62.7 Å². The molecule has 0 aliphatic carbocycles. The third-order valence-electron chi connectivity index (χ3n) is 16.2. The first kappa shape index (κ1) is 59.0. The molecule has 3 saturated heterocycles. The monoisotopic (exact) mass is 1070 g/mol. The van der Waals surface area contributed by atoms with Crippen LogP contribution in [0.5, 0.6) is 0 Å². The zero-order valence-electron chi connectivity index (χ0n) is 47.0. The Labute approximate surface area is 457 Å². The number of benzene rings is 2. The van der Waals surface area contributed by atoms with E-state index in [4.69, 9.17) is 18.9 Å². The maximum absolute atomic E-state index is 14.7. The zero-order chi connectivity index (χ0) is 54.4. The Morgan fingerprint density at radius 3 is 1.86 bits per heavy atom. The number of rotatable bonds is 28. The van der Waals surface area contributed by atoms with E-state index in [9.17, 15) is 24.0 Å². The number of nitrogens with zero attached hydrogens (tertiary/aromatic N) is 7. The minimum absolute atomic E-state index is 0.0985. The van der Waals surface area contributed by atoms with Crippen LogP contribution in [0.1, 0.15) is 165 Å². The van der Waals surface area contributed by atoms with Gasteiger partial charge >= 0.3 is 18.3 Å². The highest BCUT2D eigenvalue weighted by Crippen LogP contribution is 2.29. The van der Waals surface area contributed by atoms with E-state index in [1.807, 2.05) is 54.3 Å². The lowest BCUT2D eigenvalue weighted by atomic mass is 9.89. The maximum atomic E-state index is 14.7. The van der Waals surface area contributed by atoms with Crippen LogP contribution in [0.25, 0.3) is 21.8 Å². The van der Waals surface area contributed by atoms with Gasteiger partial charge in [0.1, 0.15) is 6.04 Å². The summed E-state index contributed by atoms with van der Waals surface area (Å²) in [4.78, 5) is 77.0. The summed E-state index contributed by atoms with van der Waals surface area (Å²) in [6, 6.07) is 12.9. The molecule has 424 valence electrons. The van der Waals surface area contributed by atoms with Gasteiger partial charge in [-0.2, -0.15) is 5.10 Å². The average Bonchev–Trinajstić information content (AvgIpc) is 3.86. The van der Waals surface area contributed by atoms with Gasteiger partial charge in [0.05, 0.1) is 30.4 Å². The summed E-state index contributed by atoms with van der Waals surface area (Å²) >= 11 is 0. The number of carbonyl (C=O) groups is 4. The lowest BCUT2D eigenvalue weighted by Crippen LogP contribution is -2.59. The number of urea groups is 1. The van der Waals surface area contributed by atoms with Gasteiger partial charge in [0.25, 0.3) is 5.56 Å². The number of nitrogens with one attached hydrogen (secondary N) is 1. The molecule has 77 heavy (non-hydrogen) atoms. The summed E-state index contributed by atoms with van der Waals surface area (Å²) in [5, 5.41) is 9.40. The normalized spacial score (nSPS) is 16.5. The van der Waals surface area contributed by atoms with Gasteiger partial charge in [-0.25, -0.2) is 19.1 Å². The van der Waals surface area contributed by atoms with Gasteiger partial charge in [-0.3, -0.25) is 19.1 Å². The van der Waals surface area contributed by atoms with E-state index in [1.54, 1.807) is 15.8 Å². The molecule has 0 bridgehead atoms. The Morgan fingerprint density at radius 1 is 0.649 bits per heavy atom. The number of pyridine rings is 1. The van der Waals surface area contributed by atoms with E-state index < -0.39 is 18.4 Å². The molecule has 3 aliphatic rings. The number of para-hydroxylation sites is 1. The van der Waals surface area contributed by atoms with Gasteiger partial charge in [-0.15, -0.1) is 0 Å². The van der Waals surface area contributed by atoms with Crippen molar-refractivity contribution in [2.45, 2.75) is 187 Å². The molecule has 2 aromatic heterocycles. The van der Waals surface area contributed by atoms with Crippen LogP contribution in [0.4, 0.5) is 14.4 Å². The molecule has 0 saturated carbocycles. The summed E-state index contributed by atoms with van der Waals surface area (Å²) in [6.45, 7) is 12.3. The number of ether oxygens (including phenoxy) is 4. The van der Waals surface area contributed by atoms with Gasteiger partial charge < -0.3 is 39.0 Å². The van der Waals surface area contributed by atoms with Crippen molar-refractivity contribution in [2.24, 2.45) is 0 Å². The topological polar surface area (TPSA) is 170 Å². The minimum atomic E-state index is -0.833. The van der Waals surface area contributed by atoms with Crippen LogP contribution < -0.4 is 10.9 Å². The van der Waals surface area contributed by atoms with Crippen molar-refractivity contribution in [3.63, 3.8) is 0 Å². The largest absolute Gasteiger partial charge is 0.510 e. The molecule has 1 N–H and O–H groups in total. The molecule has 17 nitrogen and oxygen atoms in total. The third kappa shape index (κ3) is 17.7. The average molecular weight is 1070 g/mol. The second kappa shape index (κ2) is 31.0. The first-order valence-corrected chi connectivity index (χ1v) is 29.5. The predicted molar refractivity (Wildman–Crippen MR) is 301 cm³/mol. The summed E-state index contributed by atoms with van der Waals surface area (Å²) in [7, 11) is 2.17. The van der Waals surface area contributed by atoms with Crippen molar-refractivity contribution in [1.82, 2.24) is 39.3 Å². The third-order valence-corrected chi connectivity index (χ3v) is 16.2. The van der Waals surface area contributed by atoms with Crippen molar-refractivity contribution in [1.29, 1.82) is 0 Å². The fourth-order valence-electron chi connectivity index (χ4n) is 11.6. The lowest BCUT2D eigenvalue weighted by Gasteiger charge is -2.43. The highest BCUT2D eigenvalue weighted by Gasteiger charge is 2.34. The molecule has 7 rings (SSSR count). The first-order valence-electron chi connectivity index (χ1n) is 29.5. The van der Waals surface area contributed by atoms with Crippen molar-refractivity contribution < 1.29 is 38.1 Å². The zero-order valence-corrected chi connectivity index (χ0v) is 47.0. The van der Waals surface area contributed by atoms with E-state index in [1.165, 1.54) is 68.8 Å². The SMILES string of the molecule is CCCCCCCCCCOC(=O)OCn1ncc2cc(C[C@@H](NC(=O)N3CCC(c4cc5ccccc5n(COC(=O)OCCCCCCCCCC)c4=O)CC3)C(=O)N3CCN(C4CCN(C)CC4)CC3)cc(C)c21. The van der Waals surface area contributed by atoms with Gasteiger partial charge in [-0.1, -0.05) is 128 Å². The highest BCUT2D eigenvalue weighted by atomic mass is 16.7. The van der Waals surface area contributed by atoms with E-state index in [0.29, 0.717) is 62.7 Å². The number of hydrogen-bond acceptors (Lipinski definition) is 12. The molecule has 1 atom stereocenters. The Hall–Kier alpha value is -5.68. The van der Waals surface area contributed by atoms with Gasteiger partial charge in [0.2, 0.25) is 5.91 Å². The van der Waals surface area contributed by atoms with Crippen LogP contribution in [0.2, 0.25) is 0 Å². The molecule has 3 aliphatic heterocycles. The van der Waals surface area contributed by atoms with Crippen LogP contribution >= 0.6 is 0 Å². The second-order valence-corrected chi connectivity index (χ2v) is 21.9. The molecule has 2 aromatic carbocycles. The predicted octanol–water partition coefficient (Wildman–Crippen LogP) is 10.9. The van der Waals surface area contributed by atoms with Crippen LogP contribution in [0.3, 0.4) is 0 Å². The van der Waals surface area contributed by atoms with E-state index in [2.05, 4.69) is 41.1 Å². The maximum Gasteiger partial charge on any atom is 0.510 e. The number of carbonyl (C=O) groups excluding carboxylic acids is 4. The number of fused-ring (bicyclic) bond motifs is 2. The smallest absolute Gasteiger partial charge is 0.434 e. The van der Waals surface area contributed by atoms with Crippen molar-refractivity contribution in [3.05, 3.63) is 75.7 Å². The van der Waals surface area contributed by atoms with Crippen molar-refractivity contribution in [3.8, 4) is 0 Å². The Bertz CT molecular complexity index is 2540. The summed E-state index contributed by atoms with van der Waals surface area (Å²) in [6.07, 6.45) is 22.1. The van der Waals surface area contributed by atoms with Crippen molar-refractivity contribution in [2.75, 3.05) is 72.6 Å². The summed E-state index contributed by atoms with van der Waals surface area (Å²) < 4.78 is 24.9. The molecular weight excluding hydrogens is 977 g/mol. The number of likely N-dealkylation sites (tertiary alicyclic amines) is 2. The molecule has 0 spiro atoms. The fourth-order valence-corrected chi connectivity index (χ4v) is 11.6. The Morgan fingerprint density at radius 2 is 1.23 bits per heavy atom. The Kier molecular flexibility index (Phi) is 23.8. The Balaban J connectivity index is 0.960. The number of amides is 3. The van der Waals surface area contributed by atoms with Gasteiger partial charge in [-0.05, 0) is 106 Å². The number of aromatic nitrogens is 3. The van der Waals surface area contributed by atoms with E-state index >= 15 is 0 Å². The number of piperazine rings is 1. The molecule has 4 aromatic rings. The van der Waals surface area contributed by atoms with Gasteiger partial charge in [0.15, 0.2) is 13.5 Å².